The van der Waals surface area contributed by atoms with Gasteiger partial charge in [0.1, 0.15) is 5.65 Å². The van der Waals surface area contributed by atoms with Gasteiger partial charge >= 0.3 is 0 Å². The third kappa shape index (κ3) is 0.833. The van der Waals surface area contributed by atoms with Crippen LogP contribution in [0.4, 0.5) is 0 Å². The maximum Gasteiger partial charge on any atom is 0.137 e. The topological polar surface area (TPSA) is 50.6 Å². The molecule has 3 heteroatoms. The summed E-state index contributed by atoms with van der Waals surface area (Å²) >= 11 is 0. The van der Waals surface area contributed by atoms with Crippen LogP contribution in [0.5, 0.6) is 0 Å². The molecule has 1 atom stereocenters. The lowest BCUT2D eigenvalue weighted by atomic mass is 10.2. The van der Waals surface area contributed by atoms with Gasteiger partial charge < -0.3 is 10.3 Å². The van der Waals surface area contributed by atoms with Gasteiger partial charge in [0, 0.05) is 30.4 Å². The molecule has 3 nitrogen and oxygen atoms in total. The standard InChI is InChI=1S/C9H9N3/c1-2-10-9-6(1)3-7(4-12-9)8-5-11-8/h1-4,8,11H,5H2,(H,10,12). The Hall–Kier alpha value is -1.35. The smallest absolute Gasteiger partial charge is 0.137 e. The average Bonchev–Trinajstić information content (AvgIpc) is 2.84. The summed E-state index contributed by atoms with van der Waals surface area (Å²) in [5, 5.41) is 4.45. The van der Waals surface area contributed by atoms with Gasteiger partial charge in [-0.2, -0.15) is 0 Å². The number of fused-ring (bicyclic) bond motifs is 1. The first-order chi connectivity index (χ1) is 5.93. The maximum atomic E-state index is 4.31. The summed E-state index contributed by atoms with van der Waals surface area (Å²) in [7, 11) is 0. The van der Waals surface area contributed by atoms with Gasteiger partial charge in [0.2, 0.25) is 0 Å². The minimum atomic E-state index is 0.553. The number of aromatic nitrogens is 2. The Bertz CT molecular complexity index is 414. The van der Waals surface area contributed by atoms with E-state index < -0.39 is 0 Å². The molecule has 12 heavy (non-hydrogen) atoms. The molecule has 2 aromatic rings. The number of nitrogens with one attached hydrogen (secondary N) is 2. The quantitative estimate of drug-likeness (QED) is 0.614. The Morgan fingerprint density at radius 1 is 1.50 bits per heavy atom. The molecule has 0 amide bonds. The molecule has 0 aromatic carbocycles. The second kappa shape index (κ2) is 2.08. The number of nitrogens with zero attached hydrogens (tertiary/aromatic N) is 1. The number of hydrogen-bond donors (Lipinski definition) is 2. The summed E-state index contributed by atoms with van der Waals surface area (Å²) < 4.78 is 0. The summed E-state index contributed by atoms with van der Waals surface area (Å²) in [6.45, 7) is 1.09. The van der Waals surface area contributed by atoms with Crippen molar-refractivity contribution in [2.24, 2.45) is 0 Å². The van der Waals surface area contributed by atoms with Crippen molar-refractivity contribution in [2.75, 3.05) is 6.54 Å². The van der Waals surface area contributed by atoms with E-state index in [1.54, 1.807) is 0 Å². The highest BCUT2D eigenvalue weighted by atomic mass is 15.1. The van der Waals surface area contributed by atoms with Gasteiger partial charge in [0.15, 0.2) is 0 Å². The van der Waals surface area contributed by atoms with Crippen molar-refractivity contribution in [2.45, 2.75) is 6.04 Å². The second-order valence-corrected chi connectivity index (χ2v) is 3.14. The van der Waals surface area contributed by atoms with Gasteiger partial charge in [-0.1, -0.05) is 0 Å². The van der Waals surface area contributed by atoms with E-state index in [4.69, 9.17) is 0 Å². The highest BCUT2D eigenvalue weighted by Crippen LogP contribution is 2.23. The first-order valence-electron chi connectivity index (χ1n) is 4.10. The molecule has 1 unspecified atom stereocenters. The predicted octanol–water partition coefficient (Wildman–Crippen LogP) is 1.21. The Kier molecular flexibility index (Phi) is 1.07. The van der Waals surface area contributed by atoms with Crippen molar-refractivity contribution in [3.8, 4) is 0 Å². The molecule has 1 fully saturated rings. The van der Waals surface area contributed by atoms with E-state index in [1.165, 1.54) is 10.9 Å². The van der Waals surface area contributed by atoms with Crippen LogP contribution in [0.1, 0.15) is 11.6 Å². The zero-order valence-electron chi connectivity index (χ0n) is 6.54. The van der Waals surface area contributed by atoms with Crippen LogP contribution in [-0.4, -0.2) is 16.5 Å². The Morgan fingerprint density at radius 2 is 2.42 bits per heavy atom. The normalized spacial score (nSPS) is 21.5. The van der Waals surface area contributed by atoms with E-state index >= 15 is 0 Å². The zero-order chi connectivity index (χ0) is 7.97. The van der Waals surface area contributed by atoms with Crippen LogP contribution in [-0.2, 0) is 0 Å². The third-order valence-corrected chi connectivity index (χ3v) is 2.23. The molecule has 3 heterocycles. The fraction of sp³-hybridized carbons (Fsp3) is 0.222. The van der Waals surface area contributed by atoms with E-state index in [2.05, 4.69) is 21.4 Å². The van der Waals surface area contributed by atoms with Crippen LogP contribution in [0, 0.1) is 0 Å². The average molecular weight is 159 g/mol. The van der Waals surface area contributed by atoms with E-state index in [0.29, 0.717) is 6.04 Å². The van der Waals surface area contributed by atoms with Gasteiger partial charge in [-0.05, 0) is 17.7 Å². The van der Waals surface area contributed by atoms with Gasteiger partial charge in [-0.3, -0.25) is 0 Å². The fourth-order valence-electron chi connectivity index (χ4n) is 1.44. The molecule has 2 N–H and O–H groups in total. The summed E-state index contributed by atoms with van der Waals surface area (Å²) in [5.41, 5.74) is 2.27. The first kappa shape index (κ1) is 6.20. The highest BCUT2D eigenvalue weighted by molar-refractivity contribution is 5.75. The third-order valence-electron chi connectivity index (χ3n) is 2.23. The molecule has 1 aliphatic heterocycles. The van der Waals surface area contributed by atoms with Gasteiger partial charge in [-0.15, -0.1) is 0 Å². The van der Waals surface area contributed by atoms with Crippen molar-refractivity contribution >= 4 is 11.0 Å². The van der Waals surface area contributed by atoms with Crippen molar-refractivity contribution in [1.29, 1.82) is 0 Å². The lowest BCUT2D eigenvalue weighted by Gasteiger charge is -1.94. The minimum absolute atomic E-state index is 0.553. The molecular formula is C9H9N3. The Morgan fingerprint density at radius 3 is 3.25 bits per heavy atom. The Balaban J connectivity index is 2.21. The largest absolute Gasteiger partial charge is 0.346 e. The number of aromatic amines is 1. The zero-order valence-corrected chi connectivity index (χ0v) is 6.54. The molecule has 2 aromatic heterocycles. The van der Waals surface area contributed by atoms with Gasteiger partial charge in [-0.25, -0.2) is 4.98 Å². The molecule has 0 radical (unpaired) electrons. The predicted molar refractivity (Wildman–Crippen MR) is 46.8 cm³/mol. The molecule has 0 bridgehead atoms. The lowest BCUT2D eigenvalue weighted by Crippen LogP contribution is -1.85. The SMILES string of the molecule is c1cc2cc(C3CN3)cnc2[nH]1. The van der Waals surface area contributed by atoms with Crippen LogP contribution in [0.25, 0.3) is 11.0 Å². The van der Waals surface area contributed by atoms with E-state index in [1.807, 2.05) is 18.5 Å². The first-order valence-corrected chi connectivity index (χ1v) is 4.10. The van der Waals surface area contributed by atoms with E-state index in [-0.39, 0.29) is 0 Å². The molecule has 1 saturated heterocycles. The van der Waals surface area contributed by atoms with Crippen LogP contribution >= 0.6 is 0 Å². The second-order valence-electron chi connectivity index (χ2n) is 3.14. The van der Waals surface area contributed by atoms with Crippen molar-refractivity contribution < 1.29 is 0 Å². The molecule has 1 aliphatic rings. The number of H-pyrrole nitrogens is 1. The number of pyridine rings is 1. The minimum Gasteiger partial charge on any atom is -0.346 e. The van der Waals surface area contributed by atoms with E-state index in [0.717, 1.165) is 12.2 Å². The summed E-state index contributed by atoms with van der Waals surface area (Å²) in [6.07, 6.45) is 3.85. The van der Waals surface area contributed by atoms with Crippen molar-refractivity contribution in [3.05, 3.63) is 30.1 Å². The molecular weight excluding hydrogens is 150 g/mol. The summed E-state index contributed by atoms with van der Waals surface area (Å²) in [4.78, 5) is 7.38. The molecule has 0 saturated carbocycles. The highest BCUT2D eigenvalue weighted by Gasteiger charge is 2.22. The summed E-state index contributed by atoms with van der Waals surface area (Å²) in [5.74, 6) is 0. The van der Waals surface area contributed by atoms with Crippen LogP contribution in [0.15, 0.2) is 24.5 Å². The van der Waals surface area contributed by atoms with E-state index in [9.17, 15) is 0 Å². The number of rotatable bonds is 1. The van der Waals surface area contributed by atoms with Crippen LogP contribution in [0.3, 0.4) is 0 Å². The molecule has 0 aliphatic carbocycles. The van der Waals surface area contributed by atoms with Gasteiger partial charge in [0.05, 0.1) is 0 Å². The fourth-order valence-corrected chi connectivity index (χ4v) is 1.44. The van der Waals surface area contributed by atoms with Crippen LogP contribution < -0.4 is 5.32 Å². The lowest BCUT2D eigenvalue weighted by molar-refractivity contribution is 1.06. The van der Waals surface area contributed by atoms with Crippen LogP contribution in [0.2, 0.25) is 0 Å². The summed E-state index contributed by atoms with van der Waals surface area (Å²) in [6, 6.07) is 4.79. The Labute approximate surface area is 69.8 Å². The maximum absolute atomic E-state index is 4.31. The number of hydrogen-bond acceptors (Lipinski definition) is 2. The monoisotopic (exact) mass is 159 g/mol. The molecule has 3 rings (SSSR count). The van der Waals surface area contributed by atoms with Gasteiger partial charge in [0.25, 0.3) is 0 Å². The molecule has 0 spiro atoms. The van der Waals surface area contributed by atoms with Crippen molar-refractivity contribution in [3.63, 3.8) is 0 Å². The van der Waals surface area contributed by atoms with Crippen molar-refractivity contribution in [1.82, 2.24) is 15.3 Å². The molecule has 60 valence electrons.